The van der Waals surface area contributed by atoms with Gasteiger partial charge in [-0.25, -0.2) is 0 Å². The Morgan fingerprint density at radius 3 is 2.32 bits per heavy atom. The molecule has 4 nitrogen and oxygen atoms in total. The first-order chi connectivity index (χ1) is 14.7. The fourth-order valence-corrected chi connectivity index (χ4v) is 4.12. The summed E-state index contributed by atoms with van der Waals surface area (Å²) in [4.78, 5) is 28.0. The molecule has 3 aromatic carbocycles. The number of rotatable bonds is 2. The summed E-state index contributed by atoms with van der Waals surface area (Å²) >= 11 is 6.31. The zero-order chi connectivity index (χ0) is 22.2. The van der Waals surface area contributed by atoms with Crippen LogP contribution >= 0.6 is 11.6 Å². The zero-order valence-corrected chi connectivity index (χ0v) is 18.6. The van der Waals surface area contributed by atoms with E-state index in [2.05, 4.69) is 26.1 Å². The van der Waals surface area contributed by atoms with Crippen molar-refractivity contribution in [3.05, 3.63) is 100 Å². The van der Waals surface area contributed by atoms with E-state index in [0.29, 0.717) is 16.3 Å². The summed E-state index contributed by atoms with van der Waals surface area (Å²) in [6.45, 7) is 6.35. The monoisotopic (exact) mass is 432 g/mol. The third-order valence-corrected chi connectivity index (χ3v) is 5.82. The van der Waals surface area contributed by atoms with Crippen molar-refractivity contribution in [1.29, 1.82) is 0 Å². The first-order valence-corrected chi connectivity index (χ1v) is 10.7. The number of carbonyl (C=O) groups excluding carboxylic acids is 2. The van der Waals surface area contributed by atoms with Gasteiger partial charge < -0.3 is 10.2 Å². The maximum atomic E-state index is 13.7. The molecule has 0 aliphatic carbocycles. The smallest absolute Gasteiger partial charge is 0.255 e. The highest BCUT2D eigenvalue weighted by molar-refractivity contribution is 6.30. The molecule has 0 aromatic heterocycles. The van der Waals surface area contributed by atoms with E-state index < -0.39 is 6.04 Å². The van der Waals surface area contributed by atoms with E-state index in [-0.39, 0.29) is 23.8 Å². The molecule has 2 amide bonds. The molecule has 1 unspecified atom stereocenters. The molecule has 3 aromatic rings. The second-order valence-electron chi connectivity index (χ2n) is 8.85. The maximum Gasteiger partial charge on any atom is 0.255 e. The Balaban J connectivity index is 1.82. The van der Waals surface area contributed by atoms with Crippen molar-refractivity contribution < 1.29 is 9.59 Å². The highest BCUT2D eigenvalue weighted by Crippen LogP contribution is 2.38. The fourth-order valence-electron chi connectivity index (χ4n) is 3.94. The van der Waals surface area contributed by atoms with Gasteiger partial charge in [0.25, 0.3) is 5.91 Å². The molecular weight excluding hydrogens is 408 g/mol. The first kappa shape index (κ1) is 21.1. The molecule has 1 aliphatic heterocycles. The van der Waals surface area contributed by atoms with Gasteiger partial charge in [-0.15, -0.1) is 0 Å². The number of nitrogens with one attached hydrogen (secondary N) is 1. The molecule has 1 N–H and O–H groups in total. The van der Waals surface area contributed by atoms with Crippen molar-refractivity contribution in [2.45, 2.75) is 32.2 Å². The number of hydrogen-bond donors (Lipinski definition) is 1. The second kappa shape index (κ2) is 8.20. The number of carbonyl (C=O) groups is 2. The number of benzene rings is 3. The average Bonchev–Trinajstić information content (AvgIpc) is 2.89. The molecule has 31 heavy (non-hydrogen) atoms. The lowest BCUT2D eigenvalue weighted by atomic mass is 9.86. The minimum absolute atomic E-state index is 0.00761. The van der Waals surface area contributed by atoms with Crippen molar-refractivity contribution in [2.24, 2.45) is 0 Å². The highest BCUT2D eigenvalue weighted by atomic mass is 35.5. The van der Waals surface area contributed by atoms with E-state index in [1.807, 2.05) is 60.7 Å². The van der Waals surface area contributed by atoms with Gasteiger partial charge in [0.15, 0.2) is 0 Å². The number of nitrogens with zero attached hydrogens (tertiary/aromatic N) is 1. The van der Waals surface area contributed by atoms with E-state index in [9.17, 15) is 9.59 Å². The van der Waals surface area contributed by atoms with Crippen molar-refractivity contribution in [3.8, 4) is 0 Å². The topological polar surface area (TPSA) is 49.4 Å². The van der Waals surface area contributed by atoms with Gasteiger partial charge in [0, 0.05) is 21.8 Å². The van der Waals surface area contributed by atoms with Crippen LogP contribution in [0.1, 0.15) is 53.9 Å². The van der Waals surface area contributed by atoms with Gasteiger partial charge in [-0.05, 0) is 46.9 Å². The largest absolute Gasteiger partial charge is 0.324 e. The number of anilines is 1. The standard InChI is InChI=1S/C26H25ClN2O2/c1-26(2,3)19-11-9-18(10-12-19)25(31)29-16-23(30)28-22-14-13-20(27)15-21(22)24(29)17-7-5-4-6-8-17/h4-15,24H,16H2,1-3H3,(H,28,30). The summed E-state index contributed by atoms with van der Waals surface area (Å²) in [6.07, 6.45) is 0. The average molecular weight is 433 g/mol. The van der Waals surface area contributed by atoms with Gasteiger partial charge in [0.1, 0.15) is 6.54 Å². The maximum absolute atomic E-state index is 13.7. The molecule has 1 atom stereocenters. The van der Waals surface area contributed by atoms with E-state index in [4.69, 9.17) is 11.6 Å². The van der Waals surface area contributed by atoms with Gasteiger partial charge in [-0.2, -0.15) is 0 Å². The summed E-state index contributed by atoms with van der Waals surface area (Å²) in [5.41, 5.74) is 4.07. The molecule has 1 heterocycles. The number of fused-ring (bicyclic) bond motifs is 1. The van der Waals surface area contributed by atoms with E-state index in [0.717, 1.165) is 16.7 Å². The molecule has 0 bridgehead atoms. The van der Waals surface area contributed by atoms with Crippen LogP contribution < -0.4 is 5.32 Å². The van der Waals surface area contributed by atoms with E-state index >= 15 is 0 Å². The van der Waals surface area contributed by atoms with Gasteiger partial charge in [0.05, 0.1) is 6.04 Å². The molecule has 0 saturated heterocycles. The molecule has 0 saturated carbocycles. The highest BCUT2D eigenvalue weighted by Gasteiger charge is 2.34. The quantitative estimate of drug-likeness (QED) is 0.554. The number of hydrogen-bond acceptors (Lipinski definition) is 2. The molecule has 158 valence electrons. The summed E-state index contributed by atoms with van der Waals surface area (Å²) in [6, 6.07) is 22.3. The molecule has 1 aliphatic rings. The molecule has 5 heteroatoms. The van der Waals surface area contributed by atoms with Gasteiger partial charge >= 0.3 is 0 Å². The predicted octanol–water partition coefficient (Wildman–Crippen LogP) is 5.82. The van der Waals surface area contributed by atoms with Gasteiger partial charge in [-0.3, -0.25) is 9.59 Å². The summed E-state index contributed by atoms with van der Waals surface area (Å²) in [7, 11) is 0. The van der Waals surface area contributed by atoms with Crippen molar-refractivity contribution in [3.63, 3.8) is 0 Å². The lowest BCUT2D eigenvalue weighted by molar-refractivity contribution is -0.117. The minimum atomic E-state index is -0.441. The lowest BCUT2D eigenvalue weighted by Gasteiger charge is -2.31. The fraction of sp³-hybridized carbons (Fsp3) is 0.231. The SMILES string of the molecule is CC(C)(C)c1ccc(C(=O)N2CC(=O)Nc3ccc(Cl)cc3C2c2ccccc2)cc1. The Kier molecular flexibility index (Phi) is 5.59. The van der Waals surface area contributed by atoms with Crippen LogP contribution in [0.15, 0.2) is 72.8 Å². The van der Waals surface area contributed by atoms with Crippen LogP contribution in [0.25, 0.3) is 0 Å². The van der Waals surface area contributed by atoms with Crippen LogP contribution in [0, 0.1) is 0 Å². The van der Waals surface area contributed by atoms with Crippen LogP contribution in [0.3, 0.4) is 0 Å². The van der Waals surface area contributed by atoms with Crippen molar-refractivity contribution in [1.82, 2.24) is 4.90 Å². The summed E-state index contributed by atoms with van der Waals surface area (Å²) in [5.74, 6) is -0.432. The van der Waals surface area contributed by atoms with Gasteiger partial charge in [-0.1, -0.05) is 74.8 Å². The molecule has 0 spiro atoms. The van der Waals surface area contributed by atoms with Crippen LogP contribution in [0.5, 0.6) is 0 Å². The van der Waals surface area contributed by atoms with Crippen molar-refractivity contribution in [2.75, 3.05) is 11.9 Å². The van der Waals surface area contributed by atoms with Crippen molar-refractivity contribution >= 4 is 29.1 Å². The number of halogens is 1. The van der Waals surface area contributed by atoms with E-state index in [1.165, 1.54) is 0 Å². The third kappa shape index (κ3) is 4.35. The molecular formula is C26H25ClN2O2. The zero-order valence-electron chi connectivity index (χ0n) is 17.9. The Morgan fingerprint density at radius 1 is 1.00 bits per heavy atom. The first-order valence-electron chi connectivity index (χ1n) is 10.3. The Bertz CT molecular complexity index is 1120. The number of amides is 2. The molecule has 0 fully saturated rings. The van der Waals surface area contributed by atoms with E-state index in [1.54, 1.807) is 17.0 Å². The van der Waals surface area contributed by atoms with Crippen LogP contribution in [-0.4, -0.2) is 23.3 Å². The van der Waals surface area contributed by atoms with Crippen LogP contribution in [-0.2, 0) is 10.2 Å². The van der Waals surface area contributed by atoms with Crippen LogP contribution in [0.4, 0.5) is 5.69 Å². The third-order valence-electron chi connectivity index (χ3n) is 5.58. The normalized spacial score (nSPS) is 16.3. The Hall–Kier alpha value is -3.11. The molecule has 0 radical (unpaired) electrons. The predicted molar refractivity (Wildman–Crippen MR) is 125 cm³/mol. The Morgan fingerprint density at radius 2 is 1.68 bits per heavy atom. The Labute approximate surface area is 187 Å². The van der Waals surface area contributed by atoms with Crippen LogP contribution in [0.2, 0.25) is 5.02 Å². The second-order valence-corrected chi connectivity index (χ2v) is 9.29. The van der Waals surface area contributed by atoms with Gasteiger partial charge in [0.2, 0.25) is 5.91 Å². The summed E-state index contributed by atoms with van der Waals surface area (Å²) in [5, 5.41) is 3.48. The lowest BCUT2D eigenvalue weighted by Crippen LogP contribution is -2.39. The summed E-state index contributed by atoms with van der Waals surface area (Å²) < 4.78 is 0. The molecule has 4 rings (SSSR count). The minimum Gasteiger partial charge on any atom is -0.324 e.